The van der Waals surface area contributed by atoms with Gasteiger partial charge in [0.1, 0.15) is 24.0 Å². The third-order valence-electron chi connectivity index (χ3n) is 2.95. The zero-order valence-electron chi connectivity index (χ0n) is 11.8. The van der Waals surface area contributed by atoms with E-state index in [1.54, 1.807) is 48.5 Å². The average Bonchev–Trinajstić information content (AvgIpc) is 2.54. The number of halogens is 2. The third-order valence-corrected chi connectivity index (χ3v) is 3.69. The molecule has 0 radical (unpaired) electrons. The van der Waals surface area contributed by atoms with Crippen molar-refractivity contribution in [3.8, 4) is 11.8 Å². The van der Waals surface area contributed by atoms with Crippen LogP contribution in [-0.2, 0) is 11.4 Å². The van der Waals surface area contributed by atoms with Gasteiger partial charge in [-0.15, -0.1) is 0 Å². The second-order valence-electron chi connectivity index (χ2n) is 4.55. The first-order valence-corrected chi connectivity index (χ1v) is 7.27. The Morgan fingerprint density at radius 2 is 1.96 bits per heavy atom. The second-order valence-corrected chi connectivity index (χ2v) is 5.36. The molecule has 0 saturated carbocycles. The van der Waals surface area contributed by atoms with Crippen molar-refractivity contribution in [2.24, 2.45) is 0 Å². The molecule has 0 heterocycles. The van der Waals surface area contributed by atoms with Gasteiger partial charge in [-0.2, -0.15) is 5.26 Å². The number of nitrogens with zero attached hydrogens (tertiary/aromatic N) is 1. The molecular weight excluding hydrogens is 337 g/mol. The molecule has 23 heavy (non-hydrogen) atoms. The van der Waals surface area contributed by atoms with Crippen LogP contribution in [0.4, 0.5) is 0 Å². The second kappa shape index (κ2) is 7.68. The van der Waals surface area contributed by atoms with E-state index in [2.05, 4.69) is 0 Å². The van der Waals surface area contributed by atoms with Crippen LogP contribution in [0.25, 0.3) is 6.08 Å². The summed E-state index contributed by atoms with van der Waals surface area (Å²) in [6.45, 7) is 0.233. The molecule has 0 aromatic heterocycles. The normalized spacial score (nSPS) is 10.9. The van der Waals surface area contributed by atoms with Crippen molar-refractivity contribution in [2.75, 3.05) is 0 Å². The molecule has 2 rings (SSSR count). The average molecular weight is 348 g/mol. The third kappa shape index (κ3) is 4.49. The van der Waals surface area contributed by atoms with Crippen LogP contribution in [0.5, 0.6) is 5.75 Å². The number of ether oxygens (including phenoxy) is 1. The van der Waals surface area contributed by atoms with Crippen LogP contribution < -0.4 is 4.74 Å². The minimum atomic E-state index is -1.29. The van der Waals surface area contributed by atoms with Crippen molar-refractivity contribution in [3.63, 3.8) is 0 Å². The number of benzene rings is 2. The fourth-order valence-corrected chi connectivity index (χ4v) is 2.14. The van der Waals surface area contributed by atoms with E-state index in [9.17, 15) is 4.79 Å². The Morgan fingerprint density at radius 1 is 1.22 bits per heavy atom. The smallest absolute Gasteiger partial charge is 0.346 e. The van der Waals surface area contributed by atoms with Crippen molar-refractivity contribution >= 4 is 35.2 Å². The Bertz CT molecular complexity index is 810. The first-order chi connectivity index (χ1) is 11.0. The van der Waals surface area contributed by atoms with Gasteiger partial charge in [0, 0.05) is 5.56 Å². The summed E-state index contributed by atoms with van der Waals surface area (Å²) in [5.41, 5.74) is 0.957. The Labute approximate surface area is 143 Å². The van der Waals surface area contributed by atoms with Gasteiger partial charge in [0.2, 0.25) is 0 Å². The number of carbonyl (C=O) groups is 1. The maximum absolute atomic E-state index is 10.9. The highest BCUT2D eigenvalue weighted by Gasteiger charge is 2.09. The minimum Gasteiger partial charge on any atom is -0.488 e. The van der Waals surface area contributed by atoms with Crippen LogP contribution in [-0.4, -0.2) is 11.1 Å². The van der Waals surface area contributed by atoms with E-state index in [1.807, 2.05) is 0 Å². The summed E-state index contributed by atoms with van der Waals surface area (Å²) in [4.78, 5) is 10.9. The molecule has 0 fully saturated rings. The highest BCUT2D eigenvalue weighted by atomic mass is 35.5. The van der Waals surface area contributed by atoms with Crippen LogP contribution in [0.2, 0.25) is 10.0 Å². The van der Waals surface area contributed by atoms with Gasteiger partial charge in [-0.3, -0.25) is 0 Å². The molecule has 0 unspecified atom stereocenters. The van der Waals surface area contributed by atoms with Crippen molar-refractivity contribution in [1.82, 2.24) is 0 Å². The lowest BCUT2D eigenvalue weighted by Gasteiger charge is -2.10. The summed E-state index contributed by atoms with van der Waals surface area (Å²) in [7, 11) is 0. The summed E-state index contributed by atoms with van der Waals surface area (Å²) >= 11 is 11.8. The SMILES string of the molecule is N#CC(=Cc1ccccc1OCc1ccc(Cl)c(Cl)c1)C(=O)O. The molecule has 1 N–H and O–H groups in total. The van der Waals surface area contributed by atoms with Gasteiger partial charge in [-0.25, -0.2) is 4.79 Å². The van der Waals surface area contributed by atoms with E-state index >= 15 is 0 Å². The largest absolute Gasteiger partial charge is 0.488 e. The standard InChI is InChI=1S/C17H11Cl2NO3/c18-14-6-5-11(7-15(14)19)10-23-16-4-2-1-3-12(16)8-13(9-20)17(21)22/h1-8H,10H2,(H,21,22). The molecule has 0 bridgehead atoms. The predicted molar refractivity (Wildman–Crippen MR) is 88.5 cm³/mol. The zero-order chi connectivity index (χ0) is 16.8. The summed E-state index contributed by atoms with van der Waals surface area (Å²) in [5, 5.41) is 18.7. The molecule has 116 valence electrons. The molecule has 4 nitrogen and oxygen atoms in total. The Morgan fingerprint density at radius 3 is 2.61 bits per heavy atom. The van der Waals surface area contributed by atoms with Gasteiger partial charge >= 0.3 is 5.97 Å². The maximum Gasteiger partial charge on any atom is 0.346 e. The summed E-state index contributed by atoms with van der Waals surface area (Å²) in [6, 6.07) is 13.6. The highest BCUT2D eigenvalue weighted by molar-refractivity contribution is 6.42. The van der Waals surface area contributed by atoms with Gasteiger partial charge in [0.05, 0.1) is 10.0 Å². The molecule has 0 aliphatic rings. The van der Waals surface area contributed by atoms with Crippen LogP contribution in [0.15, 0.2) is 48.0 Å². The van der Waals surface area contributed by atoms with Crippen LogP contribution >= 0.6 is 23.2 Å². The lowest BCUT2D eigenvalue weighted by Crippen LogP contribution is -2.00. The predicted octanol–water partition coefficient (Wildman–Crippen LogP) is 4.56. The number of para-hydroxylation sites is 1. The Kier molecular flexibility index (Phi) is 5.64. The lowest BCUT2D eigenvalue weighted by molar-refractivity contribution is -0.132. The number of nitriles is 1. The topological polar surface area (TPSA) is 70.3 Å². The minimum absolute atomic E-state index is 0.233. The fraction of sp³-hybridized carbons (Fsp3) is 0.0588. The maximum atomic E-state index is 10.9. The van der Waals surface area contributed by atoms with Gasteiger partial charge in [-0.1, -0.05) is 47.5 Å². The van der Waals surface area contributed by atoms with E-state index in [0.717, 1.165) is 5.56 Å². The highest BCUT2D eigenvalue weighted by Crippen LogP contribution is 2.25. The summed E-state index contributed by atoms with van der Waals surface area (Å²) < 4.78 is 5.69. The monoisotopic (exact) mass is 347 g/mol. The molecule has 0 atom stereocenters. The molecule has 0 amide bonds. The lowest BCUT2D eigenvalue weighted by atomic mass is 10.1. The first-order valence-electron chi connectivity index (χ1n) is 6.52. The van der Waals surface area contributed by atoms with E-state index in [0.29, 0.717) is 21.4 Å². The van der Waals surface area contributed by atoms with E-state index in [-0.39, 0.29) is 12.2 Å². The van der Waals surface area contributed by atoms with Crippen molar-refractivity contribution in [1.29, 1.82) is 5.26 Å². The van der Waals surface area contributed by atoms with Crippen molar-refractivity contribution in [3.05, 3.63) is 69.2 Å². The van der Waals surface area contributed by atoms with Gasteiger partial charge in [-0.05, 0) is 29.8 Å². The summed E-state index contributed by atoms with van der Waals surface area (Å²) in [5.74, 6) is -0.820. The quantitative estimate of drug-likeness (QED) is 0.635. The van der Waals surface area contributed by atoms with E-state index in [1.165, 1.54) is 6.08 Å². The number of hydrogen-bond acceptors (Lipinski definition) is 3. The molecule has 0 spiro atoms. The zero-order valence-corrected chi connectivity index (χ0v) is 13.3. The fourth-order valence-electron chi connectivity index (χ4n) is 1.82. The van der Waals surface area contributed by atoms with Crippen LogP contribution in [0, 0.1) is 11.3 Å². The Balaban J connectivity index is 2.22. The van der Waals surface area contributed by atoms with Gasteiger partial charge in [0.25, 0.3) is 0 Å². The molecule has 0 aliphatic heterocycles. The van der Waals surface area contributed by atoms with Gasteiger partial charge < -0.3 is 9.84 Å². The number of hydrogen-bond donors (Lipinski definition) is 1. The van der Waals surface area contributed by atoms with Crippen molar-refractivity contribution < 1.29 is 14.6 Å². The molecule has 6 heteroatoms. The molecule has 2 aromatic rings. The summed E-state index contributed by atoms with van der Waals surface area (Å²) in [6.07, 6.45) is 1.27. The van der Waals surface area contributed by atoms with E-state index < -0.39 is 5.97 Å². The van der Waals surface area contributed by atoms with Gasteiger partial charge in [0.15, 0.2) is 0 Å². The molecular formula is C17H11Cl2NO3. The first kappa shape index (κ1) is 16.9. The number of aliphatic carboxylic acids is 1. The van der Waals surface area contributed by atoms with E-state index in [4.69, 9.17) is 38.3 Å². The van der Waals surface area contributed by atoms with Crippen LogP contribution in [0.1, 0.15) is 11.1 Å². The number of carboxylic acids is 1. The molecule has 0 aliphatic carbocycles. The number of rotatable bonds is 5. The molecule has 0 saturated heterocycles. The molecule has 2 aromatic carbocycles. The van der Waals surface area contributed by atoms with Crippen LogP contribution in [0.3, 0.4) is 0 Å². The number of carboxylic acid groups (broad SMARTS) is 1. The Hall–Kier alpha value is -2.48. The van der Waals surface area contributed by atoms with Crippen molar-refractivity contribution in [2.45, 2.75) is 6.61 Å².